The largest absolute Gasteiger partial charge is 0.465 e. The third-order valence-corrected chi connectivity index (χ3v) is 3.27. The Morgan fingerprint density at radius 2 is 2.21 bits per heavy atom. The molecule has 0 spiro atoms. The first-order chi connectivity index (χ1) is 8.70. The van der Waals surface area contributed by atoms with Crippen molar-refractivity contribution in [1.29, 1.82) is 0 Å². The third-order valence-electron chi connectivity index (χ3n) is 3.27. The number of nitrogens with one attached hydrogen (secondary N) is 1. The lowest BCUT2D eigenvalue weighted by atomic mass is 10.1. The maximum absolute atomic E-state index is 11.7. The summed E-state index contributed by atoms with van der Waals surface area (Å²) in [6, 6.07) is 8.17. The van der Waals surface area contributed by atoms with Crippen LogP contribution in [0.25, 0.3) is 0 Å². The molecule has 1 unspecified atom stereocenters. The van der Waals surface area contributed by atoms with E-state index >= 15 is 0 Å². The Kier molecular flexibility index (Phi) is 6.28. The zero-order valence-electron chi connectivity index (χ0n) is 11.4. The molecule has 4 nitrogen and oxygen atoms in total. The van der Waals surface area contributed by atoms with Crippen LogP contribution in [0.3, 0.4) is 0 Å². The second kappa shape index (κ2) is 7.48. The molecule has 1 atom stereocenters. The molecule has 1 aromatic rings. The Balaban J connectivity index is 0.00000180. The number of ether oxygens (including phenoxy) is 1. The Bertz CT molecular complexity index is 426. The van der Waals surface area contributed by atoms with E-state index in [2.05, 4.69) is 17.1 Å². The number of methoxy groups -OCH3 is 1. The van der Waals surface area contributed by atoms with Crippen LogP contribution < -0.4 is 5.32 Å². The lowest BCUT2D eigenvalue weighted by Crippen LogP contribution is -2.48. The van der Waals surface area contributed by atoms with Gasteiger partial charge in [-0.3, -0.25) is 4.90 Å². The first-order valence-corrected chi connectivity index (χ1v) is 6.32. The van der Waals surface area contributed by atoms with E-state index in [1.54, 1.807) is 0 Å². The average molecular weight is 285 g/mol. The van der Waals surface area contributed by atoms with Crippen LogP contribution in [-0.4, -0.2) is 43.7 Å². The van der Waals surface area contributed by atoms with Crippen LogP contribution in [0.4, 0.5) is 0 Å². The third kappa shape index (κ3) is 4.20. The van der Waals surface area contributed by atoms with Gasteiger partial charge in [0.05, 0.1) is 12.7 Å². The van der Waals surface area contributed by atoms with Gasteiger partial charge >= 0.3 is 5.97 Å². The van der Waals surface area contributed by atoms with Gasteiger partial charge in [-0.15, -0.1) is 12.4 Å². The molecule has 0 saturated carbocycles. The van der Waals surface area contributed by atoms with Crippen LogP contribution in [0.5, 0.6) is 0 Å². The second-order valence-corrected chi connectivity index (χ2v) is 4.74. The smallest absolute Gasteiger partial charge is 0.338 e. The normalized spacial score (nSPS) is 19.6. The van der Waals surface area contributed by atoms with Crippen molar-refractivity contribution in [3.63, 3.8) is 0 Å². The van der Waals surface area contributed by atoms with Gasteiger partial charge < -0.3 is 10.1 Å². The Morgan fingerprint density at radius 1 is 1.47 bits per heavy atom. The van der Waals surface area contributed by atoms with Gasteiger partial charge in [0.15, 0.2) is 0 Å². The number of carbonyl (C=O) groups is 1. The van der Waals surface area contributed by atoms with Gasteiger partial charge in [-0.05, 0) is 18.6 Å². The monoisotopic (exact) mass is 284 g/mol. The fourth-order valence-electron chi connectivity index (χ4n) is 2.36. The number of hydrogen-bond acceptors (Lipinski definition) is 4. The fraction of sp³-hybridized carbons (Fsp3) is 0.500. The zero-order valence-corrected chi connectivity index (χ0v) is 12.2. The molecule has 1 heterocycles. The molecule has 2 rings (SSSR count). The van der Waals surface area contributed by atoms with E-state index in [9.17, 15) is 4.79 Å². The summed E-state index contributed by atoms with van der Waals surface area (Å²) in [5.41, 5.74) is 1.71. The van der Waals surface area contributed by atoms with Gasteiger partial charge in [-0.1, -0.05) is 18.2 Å². The van der Waals surface area contributed by atoms with E-state index in [1.807, 2.05) is 24.3 Å². The molecule has 1 N–H and O–H groups in total. The predicted molar refractivity (Wildman–Crippen MR) is 77.8 cm³/mol. The first kappa shape index (κ1) is 16.0. The van der Waals surface area contributed by atoms with Crippen molar-refractivity contribution in [3.8, 4) is 0 Å². The quantitative estimate of drug-likeness (QED) is 0.858. The minimum atomic E-state index is -0.256. The van der Waals surface area contributed by atoms with E-state index < -0.39 is 0 Å². The number of benzene rings is 1. The second-order valence-electron chi connectivity index (χ2n) is 4.74. The molecule has 0 radical (unpaired) electrons. The summed E-state index contributed by atoms with van der Waals surface area (Å²) in [6.07, 6.45) is 0. The van der Waals surface area contributed by atoms with E-state index in [1.165, 1.54) is 7.11 Å². The highest BCUT2D eigenvalue weighted by Crippen LogP contribution is 2.14. The van der Waals surface area contributed by atoms with Crippen molar-refractivity contribution in [2.24, 2.45) is 0 Å². The van der Waals surface area contributed by atoms with Gasteiger partial charge in [-0.2, -0.15) is 0 Å². The predicted octanol–water partition coefficient (Wildman–Crippen LogP) is 1.69. The van der Waals surface area contributed by atoms with Crippen LogP contribution >= 0.6 is 12.4 Å². The summed E-state index contributed by atoms with van der Waals surface area (Å²) in [5, 5.41) is 3.41. The molecule has 0 aromatic heterocycles. The number of nitrogens with zero attached hydrogens (tertiary/aromatic N) is 1. The van der Waals surface area contributed by atoms with E-state index in [0.29, 0.717) is 11.6 Å². The standard InChI is InChI=1S/C14H20N2O2.ClH/c1-11-9-16(8-7-15-11)10-12-5-3-4-6-13(12)14(17)18-2;/h3-6,11,15H,7-10H2,1-2H3;1H. The van der Waals surface area contributed by atoms with Crippen LogP contribution in [0.15, 0.2) is 24.3 Å². The summed E-state index contributed by atoms with van der Waals surface area (Å²) in [6.45, 7) is 6.01. The molecule has 1 aliphatic heterocycles. The molecule has 19 heavy (non-hydrogen) atoms. The van der Waals surface area contributed by atoms with Crippen molar-refractivity contribution in [3.05, 3.63) is 35.4 Å². The average Bonchev–Trinajstić information content (AvgIpc) is 2.38. The molecule has 0 amide bonds. The van der Waals surface area contributed by atoms with Crippen molar-refractivity contribution in [1.82, 2.24) is 10.2 Å². The molecule has 1 aromatic carbocycles. The summed E-state index contributed by atoms with van der Waals surface area (Å²) in [4.78, 5) is 14.1. The minimum Gasteiger partial charge on any atom is -0.465 e. The number of rotatable bonds is 3. The molecule has 106 valence electrons. The lowest BCUT2D eigenvalue weighted by Gasteiger charge is -2.32. The van der Waals surface area contributed by atoms with E-state index in [4.69, 9.17) is 4.74 Å². The van der Waals surface area contributed by atoms with Crippen molar-refractivity contribution >= 4 is 18.4 Å². The lowest BCUT2D eigenvalue weighted by molar-refractivity contribution is 0.0598. The van der Waals surface area contributed by atoms with Crippen LogP contribution in [0.1, 0.15) is 22.8 Å². The van der Waals surface area contributed by atoms with Gasteiger partial charge in [0.2, 0.25) is 0 Å². The van der Waals surface area contributed by atoms with Crippen LogP contribution in [-0.2, 0) is 11.3 Å². The molecular weight excluding hydrogens is 264 g/mol. The zero-order chi connectivity index (χ0) is 13.0. The van der Waals surface area contributed by atoms with Gasteiger partial charge in [-0.25, -0.2) is 4.79 Å². The first-order valence-electron chi connectivity index (χ1n) is 6.32. The summed E-state index contributed by atoms with van der Waals surface area (Å²) in [5.74, 6) is -0.256. The van der Waals surface area contributed by atoms with Crippen molar-refractivity contribution in [2.45, 2.75) is 19.5 Å². The maximum atomic E-state index is 11.7. The summed E-state index contributed by atoms with van der Waals surface area (Å²) >= 11 is 0. The van der Waals surface area contributed by atoms with Gasteiger partial charge in [0, 0.05) is 32.2 Å². The number of hydrogen-bond donors (Lipinski definition) is 1. The highest BCUT2D eigenvalue weighted by atomic mass is 35.5. The molecule has 1 aliphatic rings. The summed E-state index contributed by atoms with van der Waals surface area (Å²) < 4.78 is 4.82. The minimum absolute atomic E-state index is 0. The van der Waals surface area contributed by atoms with Gasteiger partial charge in [0.1, 0.15) is 0 Å². The topological polar surface area (TPSA) is 41.6 Å². The fourth-order valence-corrected chi connectivity index (χ4v) is 2.36. The van der Waals surface area contributed by atoms with Gasteiger partial charge in [0.25, 0.3) is 0 Å². The number of piperazine rings is 1. The molecule has 0 aliphatic carbocycles. The summed E-state index contributed by atoms with van der Waals surface area (Å²) in [7, 11) is 1.42. The Hall–Kier alpha value is -1.10. The Morgan fingerprint density at radius 3 is 2.89 bits per heavy atom. The highest BCUT2D eigenvalue weighted by molar-refractivity contribution is 5.90. The number of esters is 1. The van der Waals surface area contributed by atoms with E-state index in [-0.39, 0.29) is 18.4 Å². The van der Waals surface area contributed by atoms with E-state index in [0.717, 1.165) is 31.7 Å². The Labute approximate surface area is 120 Å². The molecule has 1 fully saturated rings. The molecule has 0 bridgehead atoms. The van der Waals surface area contributed by atoms with Crippen LogP contribution in [0.2, 0.25) is 0 Å². The van der Waals surface area contributed by atoms with Crippen molar-refractivity contribution in [2.75, 3.05) is 26.7 Å². The molecule has 1 saturated heterocycles. The van der Waals surface area contributed by atoms with Crippen LogP contribution in [0, 0.1) is 0 Å². The number of halogens is 1. The molecular formula is C14H21ClN2O2. The molecule has 5 heteroatoms. The number of carbonyl (C=O) groups excluding carboxylic acids is 1. The SMILES string of the molecule is COC(=O)c1ccccc1CN1CCNC(C)C1.Cl. The maximum Gasteiger partial charge on any atom is 0.338 e. The van der Waals surface area contributed by atoms with Crippen molar-refractivity contribution < 1.29 is 9.53 Å². The highest BCUT2D eigenvalue weighted by Gasteiger charge is 2.18.